The van der Waals surface area contributed by atoms with Crippen molar-refractivity contribution in [3.05, 3.63) is 56.7 Å². The van der Waals surface area contributed by atoms with Crippen LogP contribution >= 0.6 is 31.9 Å². The van der Waals surface area contributed by atoms with Crippen LogP contribution < -0.4 is 11.1 Å². The molecule has 0 aliphatic rings. The number of halogens is 3. The summed E-state index contributed by atoms with van der Waals surface area (Å²) in [5.41, 5.74) is 6.23. The lowest BCUT2D eigenvalue weighted by Gasteiger charge is -2.08. The Morgan fingerprint density at radius 1 is 1.16 bits per heavy atom. The van der Waals surface area contributed by atoms with Gasteiger partial charge >= 0.3 is 0 Å². The van der Waals surface area contributed by atoms with E-state index in [1.54, 1.807) is 24.3 Å². The van der Waals surface area contributed by atoms with Crippen LogP contribution in [0.5, 0.6) is 0 Å². The number of anilines is 2. The van der Waals surface area contributed by atoms with E-state index in [-0.39, 0.29) is 11.6 Å². The molecule has 0 radical (unpaired) electrons. The highest BCUT2D eigenvalue weighted by molar-refractivity contribution is 9.11. The molecular weight excluding hydrogens is 379 g/mol. The molecule has 2 aromatic carbocycles. The van der Waals surface area contributed by atoms with Crippen molar-refractivity contribution in [1.29, 1.82) is 0 Å². The summed E-state index contributed by atoms with van der Waals surface area (Å²) in [5, 5.41) is 2.61. The molecule has 19 heavy (non-hydrogen) atoms. The van der Waals surface area contributed by atoms with Gasteiger partial charge in [-0.2, -0.15) is 0 Å². The van der Waals surface area contributed by atoms with Gasteiger partial charge in [-0.3, -0.25) is 4.79 Å². The molecule has 1 amide bonds. The number of nitrogen functional groups attached to an aromatic ring is 1. The Labute approximate surface area is 126 Å². The van der Waals surface area contributed by atoms with Gasteiger partial charge in [0.15, 0.2) is 0 Å². The van der Waals surface area contributed by atoms with Gasteiger partial charge in [0, 0.05) is 14.6 Å². The molecule has 0 unspecified atom stereocenters. The summed E-state index contributed by atoms with van der Waals surface area (Å²) < 4.78 is 14.8. The fraction of sp³-hybridized carbons (Fsp3) is 0. The van der Waals surface area contributed by atoms with Crippen molar-refractivity contribution in [2.45, 2.75) is 0 Å². The third kappa shape index (κ3) is 3.33. The maximum Gasteiger partial charge on any atom is 0.256 e. The lowest BCUT2D eigenvalue weighted by molar-refractivity contribution is 0.102. The third-order valence-electron chi connectivity index (χ3n) is 2.43. The Morgan fingerprint density at radius 3 is 2.53 bits per heavy atom. The van der Waals surface area contributed by atoms with Crippen molar-refractivity contribution < 1.29 is 9.18 Å². The van der Waals surface area contributed by atoms with E-state index in [0.717, 1.165) is 4.47 Å². The first-order valence-electron chi connectivity index (χ1n) is 5.29. The Hall–Kier alpha value is -1.40. The van der Waals surface area contributed by atoms with Gasteiger partial charge in [0.1, 0.15) is 5.82 Å². The van der Waals surface area contributed by atoms with Crippen molar-refractivity contribution in [2.24, 2.45) is 0 Å². The van der Waals surface area contributed by atoms with Crippen LogP contribution in [0.1, 0.15) is 10.4 Å². The van der Waals surface area contributed by atoms with Crippen molar-refractivity contribution in [1.82, 2.24) is 0 Å². The second kappa shape index (κ2) is 5.71. The van der Waals surface area contributed by atoms with Gasteiger partial charge in [-0.05, 0) is 52.3 Å². The van der Waals surface area contributed by atoms with Crippen molar-refractivity contribution >= 4 is 49.1 Å². The van der Waals surface area contributed by atoms with Gasteiger partial charge in [0.05, 0.1) is 11.3 Å². The minimum Gasteiger partial charge on any atom is -0.396 e. The number of benzene rings is 2. The molecule has 3 N–H and O–H groups in total. The monoisotopic (exact) mass is 386 g/mol. The van der Waals surface area contributed by atoms with Crippen LogP contribution in [0.4, 0.5) is 15.8 Å². The summed E-state index contributed by atoms with van der Waals surface area (Å²) in [6, 6.07) is 9.31. The zero-order valence-corrected chi connectivity index (χ0v) is 12.8. The maximum absolute atomic E-state index is 13.3. The van der Waals surface area contributed by atoms with Gasteiger partial charge in [-0.25, -0.2) is 4.39 Å². The van der Waals surface area contributed by atoms with Crippen molar-refractivity contribution in [2.75, 3.05) is 11.1 Å². The number of rotatable bonds is 2. The molecule has 2 rings (SSSR count). The van der Waals surface area contributed by atoms with Gasteiger partial charge in [0.25, 0.3) is 5.91 Å². The summed E-state index contributed by atoms with van der Waals surface area (Å²) in [6.07, 6.45) is 0. The molecule has 0 aliphatic heterocycles. The lowest BCUT2D eigenvalue weighted by atomic mass is 10.2. The Morgan fingerprint density at radius 2 is 1.89 bits per heavy atom. The van der Waals surface area contributed by atoms with Crippen LogP contribution in [0.15, 0.2) is 45.3 Å². The summed E-state index contributed by atoms with van der Waals surface area (Å²) in [7, 11) is 0. The van der Waals surface area contributed by atoms with Gasteiger partial charge in [0.2, 0.25) is 0 Å². The minimum atomic E-state index is -0.562. The van der Waals surface area contributed by atoms with Crippen LogP contribution in [0.2, 0.25) is 0 Å². The highest BCUT2D eigenvalue weighted by atomic mass is 79.9. The second-order valence-electron chi connectivity index (χ2n) is 3.81. The van der Waals surface area contributed by atoms with E-state index in [4.69, 9.17) is 5.73 Å². The van der Waals surface area contributed by atoms with Crippen LogP contribution in [-0.4, -0.2) is 5.91 Å². The molecule has 0 fully saturated rings. The normalized spacial score (nSPS) is 10.3. The van der Waals surface area contributed by atoms with Crippen LogP contribution in [0, 0.1) is 5.82 Å². The molecule has 6 heteroatoms. The van der Waals surface area contributed by atoms with E-state index in [0.29, 0.717) is 15.7 Å². The van der Waals surface area contributed by atoms with E-state index in [1.807, 2.05) is 0 Å². The Bertz CT molecular complexity index is 647. The van der Waals surface area contributed by atoms with Gasteiger partial charge in [-0.15, -0.1) is 0 Å². The molecule has 3 nitrogen and oxygen atoms in total. The van der Waals surface area contributed by atoms with E-state index < -0.39 is 5.82 Å². The minimum absolute atomic E-state index is 0.0443. The largest absolute Gasteiger partial charge is 0.396 e. The predicted octanol–water partition coefficient (Wildman–Crippen LogP) is 4.19. The number of carbonyl (C=O) groups excluding carboxylic acids is 1. The van der Waals surface area contributed by atoms with E-state index in [1.165, 1.54) is 12.1 Å². The average Bonchev–Trinajstić information content (AvgIpc) is 2.33. The fourth-order valence-corrected chi connectivity index (χ4v) is 2.70. The number of nitrogens with one attached hydrogen (secondary N) is 1. The van der Waals surface area contributed by atoms with Crippen molar-refractivity contribution in [3.63, 3.8) is 0 Å². The molecule has 0 heterocycles. The summed E-state index contributed by atoms with van der Waals surface area (Å²) in [6.45, 7) is 0. The molecule has 0 saturated carbocycles. The Balaban J connectivity index is 2.23. The van der Waals surface area contributed by atoms with E-state index in [2.05, 4.69) is 37.2 Å². The molecule has 0 spiro atoms. The van der Waals surface area contributed by atoms with Crippen LogP contribution in [0.3, 0.4) is 0 Å². The molecular formula is C13H9Br2FN2O. The number of carbonyl (C=O) groups is 1. The smallest absolute Gasteiger partial charge is 0.256 e. The molecule has 0 saturated heterocycles. The predicted molar refractivity (Wildman–Crippen MR) is 80.6 cm³/mol. The first-order chi connectivity index (χ1) is 8.97. The number of amides is 1. The number of nitrogens with two attached hydrogens (primary N) is 1. The highest BCUT2D eigenvalue weighted by Crippen LogP contribution is 2.23. The third-order valence-corrected chi connectivity index (χ3v) is 3.58. The molecule has 98 valence electrons. The first-order valence-corrected chi connectivity index (χ1v) is 6.87. The van der Waals surface area contributed by atoms with Gasteiger partial charge < -0.3 is 11.1 Å². The standard InChI is InChI=1S/C13H9Br2FN2O/c14-7-1-3-9(10(15)5-7)13(19)18-8-2-4-12(17)11(16)6-8/h1-6H,17H2,(H,18,19). The zero-order chi connectivity index (χ0) is 14.0. The summed E-state index contributed by atoms with van der Waals surface area (Å²) >= 11 is 6.61. The SMILES string of the molecule is Nc1ccc(NC(=O)c2ccc(Br)cc2Br)cc1F. The average molecular weight is 388 g/mol. The van der Waals surface area contributed by atoms with Crippen LogP contribution in [0.25, 0.3) is 0 Å². The second-order valence-corrected chi connectivity index (χ2v) is 5.58. The summed E-state index contributed by atoms with van der Waals surface area (Å²) in [4.78, 5) is 12.0. The quantitative estimate of drug-likeness (QED) is 0.759. The number of hydrogen-bond acceptors (Lipinski definition) is 2. The molecule has 0 bridgehead atoms. The van der Waals surface area contributed by atoms with E-state index in [9.17, 15) is 9.18 Å². The topological polar surface area (TPSA) is 55.1 Å². The van der Waals surface area contributed by atoms with Crippen molar-refractivity contribution in [3.8, 4) is 0 Å². The molecule has 0 aromatic heterocycles. The van der Waals surface area contributed by atoms with Gasteiger partial charge in [-0.1, -0.05) is 15.9 Å². The summed E-state index contributed by atoms with van der Waals surface area (Å²) in [5.74, 6) is -0.892. The fourth-order valence-electron chi connectivity index (χ4n) is 1.48. The van der Waals surface area contributed by atoms with Crippen LogP contribution in [-0.2, 0) is 0 Å². The zero-order valence-electron chi connectivity index (χ0n) is 9.58. The Kier molecular flexibility index (Phi) is 4.21. The molecule has 0 atom stereocenters. The molecule has 2 aromatic rings. The first kappa shape index (κ1) is 14.0. The highest BCUT2D eigenvalue weighted by Gasteiger charge is 2.11. The molecule has 0 aliphatic carbocycles. The van der Waals surface area contributed by atoms with E-state index >= 15 is 0 Å². The lowest BCUT2D eigenvalue weighted by Crippen LogP contribution is -2.12. The number of hydrogen-bond donors (Lipinski definition) is 2. The maximum atomic E-state index is 13.3.